The molecule has 0 saturated carbocycles. The maximum absolute atomic E-state index is 6.95. The van der Waals surface area contributed by atoms with E-state index >= 15 is 0 Å². The number of rotatable bonds is 6. The summed E-state index contributed by atoms with van der Waals surface area (Å²) in [4.78, 5) is 2.73. The second-order valence-corrected chi connectivity index (χ2v) is 22.9. The normalized spacial score (nSPS) is 26.1. The van der Waals surface area contributed by atoms with E-state index in [4.69, 9.17) is 4.43 Å². The van der Waals surface area contributed by atoms with Gasteiger partial charge in [0.25, 0.3) is 0 Å². The second-order valence-electron chi connectivity index (χ2n) is 12.5. The summed E-state index contributed by atoms with van der Waals surface area (Å²) in [6, 6.07) is 1.09. The Labute approximate surface area is 196 Å². The van der Waals surface area contributed by atoms with E-state index in [9.17, 15) is 0 Å². The van der Waals surface area contributed by atoms with Gasteiger partial charge in [0.15, 0.2) is 8.32 Å². The van der Waals surface area contributed by atoms with Crippen LogP contribution in [0.3, 0.4) is 0 Å². The molecule has 0 amide bonds. The van der Waals surface area contributed by atoms with Gasteiger partial charge < -0.3 is 4.43 Å². The zero-order chi connectivity index (χ0) is 23.6. The lowest BCUT2D eigenvalue weighted by molar-refractivity contribution is 0.0920. The standard InChI is InChI=1S/C27H51NOSi2/c1-21(2)31(22(3)4,23(5)6)19-15-13-16-24-20-26(25-17-12-14-18-28(24)25)29-30(10,11)27(7,8)9/h13,16,21-26H,12,14,17-18,20H2,1-11H3/b16-13-/t24-,25+,26-/m1/s1. The summed E-state index contributed by atoms with van der Waals surface area (Å²) in [6.45, 7) is 27.4. The van der Waals surface area contributed by atoms with Crippen molar-refractivity contribution in [2.24, 2.45) is 0 Å². The highest BCUT2D eigenvalue weighted by atomic mass is 28.4. The highest BCUT2D eigenvalue weighted by molar-refractivity contribution is 6.90. The van der Waals surface area contributed by atoms with Crippen LogP contribution >= 0.6 is 0 Å². The van der Waals surface area contributed by atoms with Gasteiger partial charge in [-0.25, -0.2) is 0 Å². The summed E-state index contributed by atoms with van der Waals surface area (Å²) in [7, 11) is -3.40. The Kier molecular flexibility index (Phi) is 8.93. The van der Waals surface area contributed by atoms with Crippen molar-refractivity contribution in [3.05, 3.63) is 12.2 Å². The monoisotopic (exact) mass is 461 g/mol. The van der Waals surface area contributed by atoms with E-state index in [1.54, 1.807) is 0 Å². The molecule has 2 nitrogen and oxygen atoms in total. The topological polar surface area (TPSA) is 12.5 Å². The van der Waals surface area contributed by atoms with E-state index in [-0.39, 0.29) is 5.04 Å². The molecule has 2 fully saturated rings. The van der Waals surface area contributed by atoms with E-state index in [0.29, 0.717) is 34.8 Å². The molecule has 0 spiro atoms. The van der Waals surface area contributed by atoms with Crippen LogP contribution in [0.15, 0.2) is 12.2 Å². The Balaban J connectivity index is 2.20. The van der Waals surface area contributed by atoms with Crippen molar-refractivity contribution >= 4 is 16.4 Å². The fraction of sp³-hybridized carbons (Fsp3) is 0.852. The minimum atomic E-state index is -1.75. The molecule has 2 aliphatic heterocycles. The van der Waals surface area contributed by atoms with Crippen molar-refractivity contribution in [1.29, 1.82) is 0 Å². The highest BCUT2D eigenvalue weighted by Gasteiger charge is 2.47. The Morgan fingerprint density at radius 1 is 0.968 bits per heavy atom. The summed E-state index contributed by atoms with van der Waals surface area (Å²) < 4.78 is 6.95. The number of fused-ring (bicyclic) bond motifs is 1. The third-order valence-electron chi connectivity index (χ3n) is 8.73. The maximum Gasteiger partial charge on any atom is 0.192 e. The van der Waals surface area contributed by atoms with Gasteiger partial charge in [-0.3, -0.25) is 4.90 Å². The molecule has 2 saturated heterocycles. The first-order valence-corrected chi connectivity index (χ1v) is 18.0. The van der Waals surface area contributed by atoms with Crippen LogP contribution in [-0.4, -0.2) is 46.0 Å². The molecule has 2 aliphatic rings. The molecule has 31 heavy (non-hydrogen) atoms. The Morgan fingerprint density at radius 2 is 1.55 bits per heavy atom. The van der Waals surface area contributed by atoms with Gasteiger partial charge >= 0.3 is 0 Å². The van der Waals surface area contributed by atoms with Crippen LogP contribution in [0.4, 0.5) is 0 Å². The third kappa shape index (κ3) is 5.78. The van der Waals surface area contributed by atoms with Crippen LogP contribution in [0.5, 0.6) is 0 Å². The van der Waals surface area contributed by atoms with E-state index < -0.39 is 16.4 Å². The number of piperidine rings is 1. The number of hydrogen-bond acceptors (Lipinski definition) is 2. The Morgan fingerprint density at radius 3 is 2.06 bits per heavy atom. The lowest BCUT2D eigenvalue weighted by Gasteiger charge is -2.41. The first kappa shape index (κ1) is 26.9. The lowest BCUT2D eigenvalue weighted by atomic mass is 10.0. The van der Waals surface area contributed by atoms with Gasteiger partial charge in [-0.15, -0.1) is 5.54 Å². The number of hydrogen-bond donors (Lipinski definition) is 0. The van der Waals surface area contributed by atoms with Gasteiger partial charge in [-0.05, 0) is 66.6 Å². The summed E-state index contributed by atoms with van der Waals surface area (Å²) in [5.74, 6) is 3.55. The average Bonchev–Trinajstić information content (AvgIpc) is 2.97. The fourth-order valence-electron chi connectivity index (χ4n) is 5.95. The predicted octanol–water partition coefficient (Wildman–Crippen LogP) is 7.78. The molecule has 0 aromatic heterocycles. The quantitative estimate of drug-likeness (QED) is 0.296. The first-order valence-electron chi connectivity index (χ1n) is 12.9. The molecular formula is C27H51NOSi2. The van der Waals surface area contributed by atoms with Crippen molar-refractivity contribution in [2.45, 2.75) is 141 Å². The molecule has 0 unspecified atom stereocenters. The fourth-order valence-corrected chi connectivity index (χ4v) is 12.5. The number of nitrogens with zero attached hydrogens (tertiary/aromatic N) is 1. The zero-order valence-corrected chi connectivity index (χ0v) is 24.5. The van der Waals surface area contributed by atoms with Crippen molar-refractivity contribution in [1.82, 2.24) is 4.90 Å². The molecule has 0 aromatic carbocycles. The molecule has 3 atom stereocenters. The molecule has 0 radical (unpaired) electrons. The molecule has 2 heterocycles. The summed E-state index contributed by atoms with van der Waals surface area (Å²) >= 11 is 0. The van der Waals surface area contributed by atoms with Crippen molar-refractivity contribution in [3.63, 3.8) is 0 Å². The van der Waals surface area contributed by atoms with Crippen LogP contribution in [0.25, 0.3) is 0 Å². The summed E-state index contributed by atoms with van der Waals surface area (Å²) in [5, 5.41) is 0.268. The molecule has 0 N–H and O–H groups in total. The van der Waals surface area contributed by atoms with Crippen LogP contribution < -0.4 is 0 Å². The van der Waals surface area contributed by atoms with E-state index in [1.807, 2.05) is 0 Å². The number of allylic oxidation sites excluding steroid dienone is 1. The summed E-state index contributed by atoms with van der Waals surface area (Å²) in [6.07, 6.45) is 10.1. The van der Waals surface area contributed by atoms with E-state index in [1.165, 1.54) is 25.8 Å². The molecule has 0 aromatic rings. The van der Waals surface area contributed by atoms with Crippen LogP contribution in [-0.2, 0) is 4.43 Å². The largest absolute Gasteiger partial charge is 0.412 e. The predicted molar refractivity (Wildman–Crippen MR) is 143 cm³/mol. The van der Waals surface area contributed by atoms with Crippen LogP contribution in [0, 0.1) is 11.5 Å². The highest BCUT2D eigenvalue weighted by Crippen LogP contribution is 2.42. The molecule has 2 rings (SSSR count). The average molecular weight is 462 g/mol. The molecule has 0 bridgehead atoms. The van der Waals surface area contributed by atoms with Gasteiger partial charge in [0, 0.05) is 12.1 Å². The Bertz CT molecular complexity index is 656. The molecular weight excluding hydrogens is 410 g/mol. The van der Waals surface area contributed by atoms with Crippen molar-refractivity contribution < 1.29 is 4.43 Å². The van der Waals surface area contributed by atoms with Crippen molar-refractivity contribution in [2.75, 3.05) is 6.54 Å². The van der Waals surface area contributed by atoms with Crippen LogP contribution in [0.1, 0.15) is 88.0 Å². The molecule has 178 valence electrons. The lowest BCUT2D eigenvalue weighted by Crippen LogP contribution is -2.48. The SMILES string of the molecule is CC(C)[Si](C#C/C=C\[C@@H]1C[C@@H](O[Si](C)(C)C(C)(C)C)[C@@H]2CCCCN12)(C(C)C)C(C)C. The Hall–Kier alpha value is -0.346. The molecule has 0 aliphatic carbocycles. The van der Waals surface area contributed by atoms with Gasteiger partial charge in [-0.2, -0.15) is 0 Å². The zero-order valence-electron chi connectivity index (χ0n) is 22.5. The third-order valence-corrected chi connectivity index (χ3v) is 19.5. The molecule has 4 heteroatoms. The van der Waals surface area contributed by atoms with Gasteiger partial charge in [0.05, 0.1) is 6.10 Å². The summed E-state index contributed by atoms with van der Waals surface area (Å²) in [5.41, 5.74) is 5.92. The minimum Gasteiger partial charge on any atom is -0.412 e. The van der Waals surface area contributed by atoms with Crippen LogP contribution in [0.2, 0.25) is 34.8 Å². The van der Waals surface area contributed by atoms with Gasteiger partial charge in [0.2, 0.25) is 0 Å². The second kappa shape index (κ2) is 10.3. The first-order chi connectivity index (χ1) is 14.2. The van der Waals surface area contributed by atoms with Gasteiger partial charge in [-0.1, -0.05) is 80.7 Å². The van der Waals surface area contributed by atoms with E-state index in [2.05, 4.69) is 104 Å². The van der Waals surface area contributed by atoms with E-state index in [0.717, 1.165) is 6.42 Å². The smallest absolute Gasteiger partial charge is 0.192 e. The van der Waals surface area contributed by atoms with Gasteiger partial charge in [0.1, 0.15) is 8.07 Å². The van der Waals surface area contributed by atoms with Crippen molar-refractivity contribution in [3.8, 4) is 11.5 Å². The minimum absolute atomic E-state index is 0.268. The maximum atomic E-state index is 6.95.